The molecule has 1 N–H and O–H groups in total. The van der Waals surface area contributed by atoms with Gasteiger partial charge in [0.1, 0.15) is 5.82 Å². The molecule has 3 aliphatic rings. The highest BCUT2D eigenvalue weighted by molar-refractivity contribution is 7.99. The summed E-state index contributed by atoms with van der Waals surface area (Å²) in [5.74, 6) is 3.39. The van der Waals surface area contributed by atoms with Gasteiger partial charge in [-0.3, -0.25) is 9.69 Å². The van der Waals surface area contributed by atoms with E-state index in [0.29, 0.717) is 11.9 Å². The normalized spacial score (nSPS) is 24.4. The number of carbonyl (C=O) groups excluding carboxylic acids is 1. The number of nitrogens with one attached hydrogen (secondary N) is 1. The number of anilines is 1. The molecule has 0 spiro atoms. The molecule has 3 aliphatic heterocycles. The number of aryl methyl sites for hydroxylation is 1. The van der Waals surface area contributed by atoms with Crippen molar-refractivity contribution in [2.75, 3.05) is 55.8 Å². The van der Waals surface area contributed by atoms with Crippen molar-refractivity contribution < 1.29 is 4.79 Å². The van der Waals surface area contributed by atoms with Gasteiger partial charge < -0.3 is 15.1 Å². The Morgan fingerprint density at radius 3 is 2.61 bits per heavy atom. The van der Waals surface area contributed by atoms with Gasteiger partial charge in [0, 0.05) is 57.1 Å². The van der Waals surface area contributed by atoms with E-state index in [-0.39, 0.29) is 18.4 Å². The smallest absolute Gasteiger partial charge is 0.240 e. The zero-order valence-corrected chi connectivity index (χ0v) is 19.6. The van der Waals surface area contributed by atoms with E-state index in [9.17, 15) is 4.79 Å². The van der Waals surface area contributed by atoms with Crippen LogP contribution in [0.3, 0.4) is 0 Å². The molecule has 3 fully saturated rings. The number of nitrogens with zero attached hydrogens (tertiary/aromatic N) is 5. The van der Waals surface area contributed by atoms with Gasteiger partial charge in [-0.15, -0.1) is 24.2 Å². The number of benzene rings is 1. The Morgan fingerprint density at radius 1 is 1.13 bits per heavy atom. The first-order chi connectivity index (χ1) is 14.7. The Morgan fingerprint density at radius 2 is 1.90 bits per heavy atom. The van der Waals surface area contributed by atoms with Crippen LogP contribution < -0.4 is 10.2 Å². The van der Waals surface area contributed by atoms with Crippen molar-refractivity contribution in [2.45, 2.75) is 25.4 Å². The lowest BCUT2D eigenvalue weighted by atomic mass is 10.1. The molecule has 2 unspecified atom stereocenters. The van der Waals surface area contributed by atoms with Crippen LogP contribution in [0.25, 0.3) is 5.69 Å². The highest BCUT2D eigenvalue weighted by Crippen LogP contribution is 2.25. The van der Waals surface area contributed by atoms with Gasteiger partial charge in [0.15, 0.2) is 0 Å². The van der Waals surface area contributed by atoms with Gasteiger partial charge in [-0.1, -0.05) is 18.2 Å². The van der Waals surface area contributed by atoms with Crippen molar-refractivity contribution in [1.29, 1.82) is 0 Å². The van der Waals surface area contributed by atoms with Gasteiger partial charge in [-0.2, -0.15) is 5.10 Å². The average molecular weight is 463 g/mol. The number of para-hydroxylation sites is 1. The summed E-state index contributed by atoms with van der Waals surface area (Å²) >= 11 is 1.85. The van der Waals surface area contributed by atoms with Crippen LogP contribution in [-0.2, 0) is 4.79 Å². The minimum Gasteiger partial charge on any atom is -0.354 e. The molecule has 1 aromatic heterocycles. The summed E-state index contributed by atoms with van der Waals surface area (Å²) in [6.07, 6.45) is 0.932. The maximum absolute atomic E-state index is 12.7. The third kappa shape index (κ3) is 4.72. The Hall–Kier alpha value is -1.74. The van der Waals surface area contributed by atoms with Crippen LogP contribution in [0.1, 0.15) is 12.1 Å². The monoisotopic (exact) mass is 462 g/mol. The zero-order valence-electron chi connectivity index (χ0n) is 17.9. The molecular formula is C22H31ClN6OS. The Labute approximate surface area is 194 Å². The lowest BCUT2D eigenvalue weighted by molar-refractivity contribution is -0.131. The van der Waals surface area contributed by atoms with Crippen LogP contribution in [0.5, 0.6) is 0 Å². The van der Waals surface area contributed by atoms with Crippen molar-refractivity contribution in [1.82, 2.24) is 24.9 Å². The highest BCUT2D eigenvalue weighted by Gasteiger charge is 2.36. The quantitative estimate of drug-likeness (QED) is 0.750. The Kier molecular flexibility index (Phi) is 7.11. The predicted molar refractivity (Wildman–Crippen MR) is 129 cm³/mol. The first-order valence-electron chi connectivity index (χ1n) is 10.9. The summed E-state index contributed by atoms with van der Waals surface area (Å²) in [4.78, 5) is 19.7. The number of hydrogen-bond donors (Lipinski definition) is 1. The molecule has 4 heterocycles. The van der Waals surface area contributed by atoms with Gasteiger partial charge in [-0.25, -0.2) is 4.68 Å². The lowest BCUT2D eigenvalue weighted by Gasteiger charge is -2.38. The number of hydrogen-bond acceptors (Lipinski definition) is 6. The van der Waals surface area contributed by atoms with Crippen LogP contribution in [0, 0.1) is 6.92 Å². The van der Waals surface area contributed by atoms with Gasteiger partial charge in [-0.05, 0) is 25.5 Å². The minimum absolute atomic E-state index is 0. The maximum atomic E-state index is 12.7. The number of thioether (sulfide) groups is 1. The number of piperazine rings is 1. The average Bonchev–Trinajstić information content (AvgIpc) is 3.55. The molecule has 168 valence electrons. The number of aromatic nitrogens is 2. The number of carbonyl (C=O) groups is 1. The van der Waals surface area contributed by atoms with E-state index in [4.69, 9.17) is 5.10 Å². The molecule has 0 saturated carbocycles. The molecule has 2 atom stereocenters. The van der Waals surface area contributed by atoms with Gasteiger partial charge in [0.2, 0.25) is 5.91 Å². The van der Waals surface area contributed by atoms with Crippen LogP contribution in [-0.4, -0.2) is 88.5 Å². The maximum Gasteiger partial charge on any atom is 0.240 e. The summed E-state index contributed by atoms with van der Waals surface area (Å²) < 4.78 is 2.06. The number of halogens is 1. The first-order valence-corrected chi connectivity index (χ1v) is 12.1. The fourth-order valence-corrected chi connectivity index (χ4v) is 5.73. The molecular weight excluding hydrogens is 432 g/mol. The largest absolute Gasteiger partial charge is 0.354 e. The molecule has 1 amide bonds. The van der Waals surface area contributed by atoms with E-state index >= 15 is 0 Å². The van der Waals surface area contributed by atoms with E-state index in [1.165, 1.54) is 5.82 Å². The molecule has 2 aromatic rings. The van der Waals surface area contributed by atoms with Crippen molar-refractivity contribution in [3.05, 3.63) is 42.1 Å². The molecule has 7 nitrogen and oxygen atoms in total. The standard InChI is InChI=1S/C22H30N6OS.ClH/c1-17-13-21(28(24-17)18-5-3-2-4-6-18)26-9-7-25(8-10-26)19-14-20(23-15-19)22(29)27-11-12-30-16-27;/h2-6,13,19-20,23H,7-12,14-16H2,1H3;1H. The third-order valence-electron chi connectivity index (χ3n) is 6.44. The molecule has 31 heavy (non-hydrogen) atoms. The summed E-state index contributed by atoms with van der Waals surface area (Å²) in [5, 5.41) is 8.21. The van der Waals surface area contributed by atoms with E-state index in [0.717, 1.165) is 68.7 Å². The van der Waals surface area contributed by atoms with E-state index in [1.54, 1.807) is 0 Å². The lowest BCUT2D eigenvalue weighted by Crippen LogP contribution is -2.51. The van der Waals surface area contributed by atoms with Crippen LogP contribution in [0.4, 0.5) is 5.82 Å². The molecule has 0 aliphatic carbocycles. The second-order valence-electron chi connectivity index (χ2n) is 8.40. The molecule has 9 heteroatoms. The predicted octanol–water partition coefficient (Wildman–Crippen LogP) is 1.99. The summed E-state index contributed by atoms with van der Waals surface area (Å²) in [5.41, 5.74) is 2.14. The first kappa shape index (κ1) is 22.5. The molecule has 1 aromatic carbocycles. The summed E-state index contributed by atoms with van der Waals surface area (Å²) in [7, 11) is 0. The SMILES string of the molecule is Cc1cc(N2CCN(C3CNC(C(=O)N4CCSC4)C3)CC2)n(-c2ccccc2)n1.Cl. The van der Waals surface area contributed by atoms with Crippen molar-refractivity contribution in [3.8, 4) is 5.69 Å². The molecule has 5 rings (SSSR count). The second kappa shape index (κ2) is 9.81. The number of rotatable bonds is 4. The molecule has 0 bridgehead atoms. The van der Waals surface area contributed by atoms with Gasteiger partial charge in [0.05, 0.1) is 23.3 Å². The zero-order chi connectivity index (χ0) is 20.5. The van der Waals surface area contributed by atoms with Gasteiger partial charge in [0.25, 0.3) is 0 Å². The summed E-state index contributed by atoms with van der Waals surface area (Å²) in [6, 6.07) is 13.0. The molecule has 0 radical (unpaired) electrons. The number of amides is 1. The van der Waals surface area contributed by atoms with Crippen LogP contribution in [0.2, 0.25) is 0 Å². The van der Waals surface area contributed by atoms with Gasteiger partial charge >= 0.3 is 0 Å². The Bertz CT molecular complexity index is 879. The molecule has 3 saturated heterocycles. The fraction of sp³-hybridized carbons (Fsp3) is 0.545. The summed E-state index contributed by atoms with van der Waals surface area (Å²) in [6.45, 7) is 7.88. The topological polar surface area (TPSA) is 56.6 Å². The second-order valence-corrected chi connectivity index (χ2v) is 9.48. The van der Waals surface area contributed by atoms with Crippen molar-refractivity contribution >= 4 is 35.9 Å². The van der Waals surface area contributed by atoms with E-state index in [2.05, 4.69) is 57.1 Å². The fourth-order valence-electron chi connectivity index (χ4n) is 4.78. The highest BCUT2D eigenvalue weighted by atomic mass is 35.5. The minimum atomic E-state index is -0.00566. The van der Waals surface area contributed by atoms with Crippen LogP contribution in [0.15, 0.2) is 36.4 Å². The van der Waals surface area contributed by atoms with E-state index < -0.39 is 0 Å². The third-order valence-corrected chi connectivity index (χ3v) is 7.40. The van der Waals surface area contributed by atoms with E-state index in [1.807, 2.05) is 22.7 Å². The Balaban J connectivity index is 0.00000231. The van der Waals surface area contributed by atoms with Crippen LogP contribution >= 0.6 is 24.2 Å². The van der Waals surface area contributed by atoms with Crippen molar-refractivity contribution in [3.63, 3.8) is 0 Å². The van der Waals surface area contributed by atoms with Crippen molar-refractivity contribution in [2.24, 2.45) is 0 Å².